The highest BCUT2D eigenvalue weighted by atomic mass is 35.6. The van der Waals surface area contributed by atoms with Crippen molar-refractivity contribution in [2.45, 2.75) is 34.1 Å². The minimum atomic E-state index is -1.80. The number of amides is 2. The first-order chi connectivity index (χ1) is 20.9. The van der Waals surface area contributed by atoms with Crippen LogP contribution in [0.15, 0.2) is 68.4 Å². The third-order valence-corrected chi connectivity index (χ3v) is 10.6. The minimum Gasteiger partial charge on any atom is -0.460 e. The number of benzene rings is 2. The lowest BCUT2D eigenvalue weighted by Crippen LogP contribution is -2.71. The van der Waals surface area contributed by atoms with E-state index in [1.165, 1.54) is 26.5 Å². The molecule has 4 aromatic rings. The van der Waals surface area contributed by atoms with E-state index in [0.717, 1.165) is 20.1 Å². The van der Waals surface area contributed by atoms with Gasteiger partial charge in [-0.05, 0) is 53.8 Å². The number of nitrogens with zero attached hydrogens (tertiary/aromatic N) is 3. The van der Waals surface area contributed by atoms with Crippen LogP contribution in [0.1, 0.15) is 23.0 Å². The van der Waals surface area contributed by atoms with Crippen molar-refractivity contribution >= 4 is 107 Å². The number of carbonyl (C=O) groups excluding carboxylic acids is 3. The highest BCUT2D eigenvalue weighted by Gasteiger charge is 2.50. The highest BCUT2D eigenvalue weighted by Crippen LogP contribution is 2.39. The number of halogens is 4. The molecule has 0 radical (unpaired) electrons. The van der Waals surface area contributed by atoms with Gasteiger partial charge in [-0.1, -0.05) is 92.7 Å². The molecule has 0 spiro atoms. The number of nitrogens with one attached hydrogen (secondary N) is 1. The Hall–Kier alpha value is -2.45. The maximum absolute atomic E-state index is 13.6. The lowest BCUT2D eigenvalue weighted by atomic mass is 9.89. The summed E-state index contributed by atoms with van der Waals surface area (Å²) in [5, 5.41) is 9.08. The van der Waals surface area contributed by atoms with Gasteiger partial charge in [0.1, 0.15) is 36.2 Å². The number of hydrogen-bond acceptors (Lipinski definition) is 10. The van der Waals surface area contributed by atoms with Crippen LogP contribution < -0.4 is 5.32 Å². The molecule has 2 amide bonds. The maximum Gasteiger partial charge on any atom is 0.325 e. The number of rotatable bonds is 10. The van der Waals surface area contributed by atoms with Gasteiger partial charge >= 0.3 is 5.97 Å². The first-order valence-electron chi connectivity index (χ1n) is 12.8. The van der Waals surface area contributed by atoms with E-state index >= 15 is 0 Å². The molecular weight excluding hydrogens is 710 g/mol. The summed E-state index contributed by atoms with van der Waals surface area (Å²) >= 11 is 25.0. The molecule has 1 saturated heterocycles. The first kappa shape index (κ1) is 32.9. The molecule has 2 aromatic carbocycles. The van der Waals surface area contributed by atoms with Crippen LogP contribution in [-0.4, -0.2) is 61.9 Å². The van der Waals surface area contributed by atoms with Crippen LogP contribution in [0.25, 0.3) is 21.5 Å². The number of alkyl halides is 3. The zero-order valence-corrected chi connectivity index (χ0v) is 28.4. The van der Waals surface area contributed by atoms with E-state index in [1.807, 2.05) is 36.6 Å². The van der Waals surface area contributed by atoms with Crippen LogP contribution in [0.2, 0.25) is 5.02 Å². The molecule has 9 nitrogen and oxygen atoms in total. The summed E-state index contributed by atoms with van der Waals surface area (Å²) in [7, 11) is 2.87. The van der Waals surface area contributed by atoms with Crippen molar-refractivity contribution in [2.75, 3.05) is 13.2 Å². The largest absolute Gasteiger partial charge is 0.460 e. The van der Waals surface area contributed by atoms with Crippen molar-refractivity contribution in [3.8, 4) is 11.3 Å². The molecule has 0 bridgehead atoms. The lowest BCUT2D eigenvalue weighted by molar-refractivity contribution is -0.159. The molecule has 1 aliphatic heterocycles. The Morgan fingerprint density at radius 2 is 1.91 bits per heavy atom. The molecule has 3 heterocycles. The second kappa shape index (κ2) is 13.9. The summed E-state index contributed by atoms with van der Waals surface area (Å²) in [5.41, 5.74) is 2.53. The van der Waals surface area contributed by atoms with E-state index in [9.17, 15) is 14.4 Å². The number of β-lactam (4-membered cyclic amide) rings is 1. The van der Waals surface area contributed by atoms with Crippen LogP contribution >= 0.6 is 79.3 Å². The fourth-order valence-electron chi connectivity index (χ4n) is 4.51. The predicted molar refractivity (Wildman–Crippen MR) is 177 cm³/mol. The number of aryl methyl sites for hydroxylation is 1. The third-order valence-electron chi connectivity index (χ3n) is 6.50. The van der Waals surface area contributed by atoms with Crippen molar-refractivity contribution < 1.29 is 23.6 Å². The Bertz CT molecular complexity index is 1720. The topological polar surface area (TPSA) is 115 Å². The van der Waals surface area contributed by atoms with Crippen LogP contribution in [0, 0.1) is 6.92 Å². The minimum absolute atomic E-state index is 0.146. The van der Waals surface area contributed by atoms with Gasteiger partial charge in [0.25, 0.3) is 5.91 Å². The summed E-state index contributed by atoms with van der Waals surface area (Å²) < 4.78 is 10.5. The summed E-state index contributed by atoms with van der Waals surface area (Å²) in [4.78, 5) is 45.4. The average molecular weight is 733 g/mol. The monoisotopic (exact) mass is 730 g/mol. The Kier molecular flexibility index (Phi) is 10.4. The van der Waals surface area contributed by atoms with Gasteiger partial charge in [0.15, 0.2) is 4.34 Å². The maximum atomic E-state index is 13.6. The fourth-order valence-corrected chi connectivity index (χ4v) is 8.18. The number of likely N-dealkylation sites (tertiary alicyclic amines) is 1. The average Bonchev–Trinajstić information content (AvgIpc) is 3.57. The van der Waals surface area contributed by atoms with Gasteiger partial charge in [0.05, 0.1) is 21.3 Å². The summed E-state index contributed by atoms with van der Waals surface area (Å²) in [6.07, 6.45) is 0. The molecular formula is C28H22Cl4N4O5S3. The highest BCUT2D eigenvalue weighted by molar-refractivity contribution is 8.78. The van der Waals surface area contributed by atoms with Crippen molar-refractivity contribution in [2.24, 2.45) is 0 Å². The molecule has 0 saturated carbocycles. The van der Waals surface area contributed by atoms with Gasteiger partial charge in [-0.3, -0.25) is 14.4 Å². The van der Waals surface area contributed by atoms with Crippen molar-refractivity contribution in [1.29, 1.82) is 0 Å². The molecule has 1 aliphatic rings. The summed E-state index contributed by atoms with van der Waals surface area (Å²) in [6, 6.07) is 13.1. The van der Waals surface area contributed by atoms with Gasteiger partial charge in [0.2, 0.25) is 9.70 Å². The Labute approximate surface area is 284 Å². The summed E-state index contributed by atoms with van der Waals surface area (Å²) in [6.45, 7) is 2.51. The molecule has 16 heteroatoms. The standard InChI is InChI=1S/C28H22Cl4N4O5S3/c1-14(12-42-44-27-33-18-9-5-6-10-19(18)43-27)24-23(26(39)36(24)11-20(37)40-13-28(30,31)32)34-25(38)21-15(2)41-35-22(21)16-7-3-4-8-17(16)29/h3-10,12,23-24H,11,13H2,1-2H3,(H,34,38). The molecule has 5 rings (SSSR count). The van der Waals surface area contributed by atoms with E-state index in [0.29, 0.717) is 10.6 Å². The number of esters is 1. The normalized spacial score (nSPS) is 17.1. The van der Waals surface area contributed by atoms with E-state index in [1.54, 1.807) is 42.5 Å². The van der Waals surface area contributed by atoms with Crippen LogP contribution in [0.5, 0.6) is 0 Å². The molecule has 2 atom stereocenters. The molecule has 2 aromatic heterocycles. The first-order valence-corrected chi connectivity index (χ1v) is 17.4. The lowest BCUT2D eigenvalue weighted by Gasteiger charge is -2.47. The molecule has 1 N–H and O–H groups in total. The molecule has 44 heavy (non-hydrogen) atoms. The van der Waals surface area contributed by atoms with Gasteiger partial charge < -0.3 is 19.5 Å². The quantitative estimate of drug-likeness (QED) is 0.0768. The third kappa shape index (κ3) is 7.50. The summed E-state index contributed by atoms with van der Waals surface area (Å²) in [5.74, 6) is -1.58. The zero-order valence-electron chi connectivity index (χ0n) is 22.9. The number of carbonyl (C=O) groups is 3. The number of ether oxygens (including phenoxy) is 1. The SMILES string of the molecule is CC(=CSSc1nc2ccccc2s1)C1C(NC(=O)c2c(-c3ccccc3Cl)noc2C)C(=O)N1CC(=O)OCC(Cl)(Cl)Cl. The van der Waals surface area contributed by atoms with Gasteiger partial charge in [0, 0.05) is 5.56 Å². The second-order valence-electron chi connectivity index (χ2n) is 9.57. The molecule has 0 aliphatic carbocycles. The van der Waals surface area contributed by atoms with E-state index < -0.39 is 46.8 Å². The van der Waals surface area contributed by atoms with Crippen LogP contribution in [-0.2, 0) is 14.3 Å². The number of thiazole rings is 1. The van der Waals surface area contributed by atoms with E-state index in [-0.39, 0.29) is 17.0 Å². The Morgan fingerprint density at radius 1 is 1.18 bits per heavy atom. The number of hydrogen-bond donors (Lipinski definition) is 1. The van der Waals surface area contributed by atoms with Crippen LogP contribution in [0.4, 0.5) is 0 Å². The van der Waals surface area contributed by atoms with Crippen molar-refractivity contribution in [3.05, 3.63) is 75.9 Å². The molecule has 1 fully saturated rings. The fraction of sp³-hybridized carbons (Fsp3) is 0.250. The number of fused-ring (bicyclic) bond motifs is 1. The Morgan fingerprint density at radius 3 is 2.64 bits per heavy atom. The Balaban J connectivity index is 1.35. The molecule has 2 unspecified atom stereocenters. The van der Waals surface area contributed by atoms with E-state index in [2.05, 4.69) is 15.5 Å². The van der Waals surface area contributed by atoms with Crippen molar-refractivity contribution in [1.82, 2.24) is 20.4 Å². The predicted octanol–water partition coefficient (Wildman–Crippen LogP) is 7.48. The van der Waals surface area contributed by atoms with Gasteiger partial charge in [-0.2, -0.15) is 0 Å². The number of aromatic nitrogens is 2. The van der Waals surface area contributed by atoms with Crippen LogP contribution in [0.3, 0.4) is 0 Å². The zero-order chi connectivity index (χ0) is 31.6. The van der Waals surface area contributed by atoms with Crippen molar-refractivity contribution in [3.63, 3.8) is 0 Å². The second-order valence-corrected chi connectivity index (χ2v) is 15.8. The van der Waals surface area contributed by atoms with Gasteiger partial charge in [-0.15, -0.1) is 11.3 Å². The smallest absolute Gasteiger partial charge is 0.325 e. The molecule has 230 valence electrons. The van der Waals surface area contributed by atoms with E-state index in [4.69, 9.17) is 55.7 Å². The van der Waals surface area contributed by atoms with Gasteiger partial charge in [-0.25, -0.2) is 4.98 Å². The number of para-hydroxylation sites is 1.